The maximum Gasteiger partial charge on any atom is 0.217 e. The van der Waals surface area contributed by atoms with Gasteiger partial charge in [-0.15, -0.1) is 10.2 Å². The number of piperidine rings is 1. The molecule has 1 aromatic rings. The lowest BCUT2D eigenvalue weighted by Gasteiger charge is -2.34. The molecule has 1 unspecified atom stereocenters. The lowest BCUT2D eigenvalue weighted by atomic mass is 9.95. The average molecular weight is 319 g/mol. The number of primary amides is 1. The van der Waals surface area contributed by atoms with Gasteiger partial charge in [0, 0.05) is 39.5 Å². The van der Waals surface area contributed by atoms with Gasteiger partial charge in [-0.05, 0) is 25.2 Å². The number of guanidine groups is 1. The van der Waals surface area contributed by atoms with E-state index in [1.54, 1.807) is 7.05 Å². The molecule has 1 saturated heterocycles. The van der Waals surface area contributed by atoms with Crippen molar-refractivity contribution < 1.29 is 4.79 Å². The molecule has 2 aliphatic heterocycles. The molecule has 1 aromatic heterocycles. The molecule has 1 fully saturated rings. The third-order valence-electron chi connectivity index (χ3n) is 4.61. The zero-order valence-electron chi connectivity index (χ0n) is 13.7. The number of likely N-dealkylation sites (tertiary alicyclic amines) is 1. The second-order valence-corrected chi connectivity index (χ2v) is 6.31. The van der Waals surface area contributed by atoms with Gasteiger partial charge in [-0.1, -0.05) is 0 Å². The molecule has 3 N–H and O–H groups in total. The first-order valence-corrected chi connectivity index (χ1v) is 8.32. The predicted molar refractivity (Wildman–Crippen MR) is 86.7 cm³/mol. The van der Waals surface area contributed by atoms with Gasteiger partial charge in [0.2, 0.25) is 5.91 Å². The Bertz CT molecular complexity index is 595. The number of nitrogens with two attached hydrogens (primary N) is 1. The van der Waals surface area contributed by atoms with E-state index in [-0.39, 0.29) is 5.91 Å². The summed E-state index contributed by atoms with van der Waals surface area (Å²) >= 11 is 0. The highest BCUT2D eigenvalue weighted by Gasteiger charge is 2.24. The zero-order valence-corrected chi connectivity index (χ0v) is 13.7. The summed E-state index contributed by atoms with van der Waals surface area (Å²) < 4.78 is 2.19. The molecule has 23 heavy (non-hydrogen) atoms. The fraction of sp³-hybridized carbons (Fsp3) is 0.733. The van der Waals surface area contributed by atoms with Crippen LogP contribution in [0.3, 0.4) is 0 Å². The molecule has 1 atom stereocenters. The minimum atomic E-state index is -0.223. The Balaban J connectivity index is 1.58. The molecular formula is C15H25N7O. The topological polar surface area (TPSA) is 101 Å². The molecule has 0 spiro atoms. The number of carbonyl (C=O) groups is 1. The quantitative estimate of drug-likeness (QED) is 0.595. The first-order valence-electron chi connectivity index (χ1n) is 8.32. The van der Waals surface area contributed by atoms with Gasteiger partial charge in [0.15, 0.2) is 11.8 Å². The van der Waals surface area contributed by atoms with E-state index in [2.05, 4.69) is 30.0 Å². The van der Waals surface area contributed by atoms with Crippen LogP contribution in [0.4, 0.5) is 0 Å². The number of nitrogens with zero attached hydrogens (tertiary/aromatic N) is 5. The lowest BCUT2D eigenvalue weighted by molar-refractivity contribution is -0.119. The summed E-state index contributed by atoms with van der Waals surface area (Å²) in [6.07, 6.45) is 4.72. The minimum Gasteiger partial charge on any atom is -0.370 e. The number of amides is 1. The second-order valence-electron chi connectivity index (χ2n) is 6.31. The van der Waals surface area contributed by atoms with Crippen LogP contribution in [0.2, 0.25) is 0 Å². The number of hydrogen-bond donors (Lipinski definition) is 2. The van der Waals surface area contributed by atoms with Gasteiger partial charge in [0.05, 0.1) is 6.54 Å². The van der Waals surface area contributed by atoms with Crippen molar-refractivity contribution in [2.45, 2.75) is 45.2 Å². The van der Waals surface area contributed by atoms with Crippen LogP contribution in [0.1, 0.15) is 37.3 Å². The van der Waals surface area contributed by atoms with E-state index >= 15 is 0 Å². The van der Waals surface area contributed by atoms with Crippen LogP contribution in [0.15, 0.2) is 4.99 Å². The SMILES string of the molecule is CN=C(NCc1nnc2n1CCC2)N1CCCC(CC(N)=O)C1. The van der Waals surface area contributed by atoms with Crippen molar-refractivity contribution >= 4 is 11.9 Å². The lowest BCUT2D eigenvalue weighted by Crippen LogP contribution is -2.47. The Morgan fingerprint density at radius 2 is 2.26 bits per heavy atom. The van der Waals surface area contributed by atoms with Crippen LogP contribution in [-0.2, 0) is 24.3 Å². The average Bonchev–Trinajstić information content (AvgIpc) is 3.12. The molecule has 3 rings (SSSR count). The van der Waals surface area contributed by atoms with Crippen molar-refractivity contribution in [1.29, 1.82) is 0 Å². The van der Waals surface area contributed by atoms with Gasteiger partial charge in [-0.2, -0.15) is 0 Å². The van der Waals surface area contributed by atoms with Crippen LogP contribution in [-0.4, -0.2) is 51.7 Å². The molecular weight excluding hydrogens is 294 g/mol. The molecule has 8 nitrogen and oxygen atoms in total. The summed E-state index contributed by atoms with van der Waals surface area (Å²) in [7, 11) is 1.79. The van der Waals surface area contributed by atoms with Gasteiger partial charge in [-0.25, -0.2) is 0 Å². The Morgan fingerprint density at radius 3 is 3.04 bits per heavy atom. The van der Waals surface area contributed by atoms with E-state index in [4.69, 9.17) is 5.73 Å². The molecule has 0 bridgehead atoms. The number of rotatable bonds is 4. The highest BCUT2D eigenvalue weighted by molar-refractivity contribution is 5.80. The Kier molecular flexibility index (Phi) is 4.78. The van der Waals surface area contributed by atoms with E-state index in [0.29, 0.717) is 18.9 Å². The van der Waals surface area contributed by atoms with Gasteiger partial charge in [-0.3, -0.25) is 9.79 Å². The van der Waals surface area contributed by atoms with Crippen LogP contribution in [0.25, 0.3) is 0 Å². The Labute approximate surface area is 136 Å². The fourth-order valence-electron chi connectivity index (χ4n) is 3.54. The van der Waals surface area contributed by atoms with Crippen molar-refractivity contribution in [2.75, 3.05) is 20.1 Å². The number of nitrogens with one attached hydrogen (secondary N) is 1. The molecule has 3 heterocycles. The van der Waals surface area contributed by atoms with Crippen molar-refractivity contribution in [3.8, 4) is 0 Å². The van der Waals surface area contributed by atoms with E-state index in [9.17, 15) is 4.79 Å². The third-order valence-corrected chi connectivity index (χ3v) is 4.61. The van der Waals surface area contributed by atoms with Gasteiger partial charge >= 0.3 is 0 Å². The van der Waals surface area contributed by atoms with Crippen LogP contribution in [0, 0.1) is 5.92 Å². The highest BCUT2D eigenvalue weighted by Crippen LogP contribution is 2.19. The molecule has 126 valence electrons. The van der Waals surface area contributed by atoms with E-state index < -0.39 is 0 Å². The zero-order chi connectivity index (χ0) is 16.2. The summed E-state index contributed by atoms with van der Waals surface area (Å²) in [5.41, 5.74) is 5.33. The summed E-state index contributed by atoms with van der Waals surface area (Å²) in [5.74, 6) is 2.99. The van der Waals surface area contributed by atoms with Crippen molar-refractivity contribution in [1.82, 2.24) is 25.0 Å². The summed E-state index contributed by atoms with van der Waals surface area (Å²) in [6, 6.07) is 0. The molecule has 0 saturated carbocycles. The van der Waals surface area contributed by atoms with Crippen molar-refractivity contribution in [3.05, 3.63) is 11.6 Å². The summed E-state index contributed by atoms with van der Waals surface area (Å²) in [5, 5.41) is 11.9. The van der Waals surface area contributed by atoms with Crippen molar-refractivity contribution in [2.24, 2.45) is 16.6 Å². The smallest absolute Gasteiger partial charge is 0.217 e. The summed E-state index contributed by atoms with van der Waals surface area (Å²) in [4.78, 5) is 17.7. The normalized spacial score (nSPS) is 21.3. The van der Waals surface area contributed by atoms with Crippen molar-refractivity contribution in [3.63, 3.8) is 0 Å². The Hall–Kier alpha value is -2.12. The van der Waals surface area contributed by atoms with E-state index in [1.165, 1.54) is 0 Å². The van der Waals surface area contributed by atoms with E-state index in [0.717, 1.165) is 62.9 Å². The molecule has 2 aliphatic rings. The van der Waals surface area contributed by atoms with Crippen LogP contribution < -0.4 is 11.1 Å². The third kappa shape index (κ3) is 3.62. The number of fused-ring (bicyclic) bond motifs is 1. The maximum absolute atomic E-state index is 11.1. The van der Waals surface area contributed by atoms with Crippen LogP contribution >= 0.6 is 0 Å². The number of aromatic nitrogens is 3. The number of aliphatic imine (C=N–C) groups is 1. The van der Waals surface area contributed by atoms with Gasteiger partial charge in [0.1, 0.15) is 5.82 Å². The first-order chi connectivity index (χ1) is 11.2. The maximum atomic E-state index is 11.1. The molecule has 0 aliphatic carbocycles. The molecule has 1 amide bonds. The standard InChI is InChI=1S/C15H25N7O/c1-17-15(21-6-2-4-11(10-21)8-12(16)23)18-9-14-20-19-13-5-3-7-22(13)14/h11H,2-10H2,1H3,(H2,16,23)(H,17,18). The number of aryl methyl sites for hydroxylation is 1. The van der Waals surface area contributed by atoms with E-state index in [1.807, 2.05) is 0 Å². The molecule has 0 aromatic carbocycles. The Morgan fingerprint density at radius 1 is 1.39 bits per heavy atom. The van der Waals surface area contributed by atoms with Gasteiger partial charge < -0.3 is 20.5 Å². The monoisotopic (exact) mass is 319 g/mol. The largest absolute Gasteiger partial charge is 0.370 e. The van der Waals surface area contributed by atoms with Crippen LogP contribution in [0.5, 0.6) is 0 Å². The number of carbonyl (C=O) groups excluding carboxylic acids is 1. The first kappa shape index (κ1) is 15.8. The highest BCUT2D eigenvalue weighted by atomic mass is 16.1. The molecule has 8 heteroatoms. The number of hydrogen-bond acceptors (Lipinski definition) is 4. The predicted octanol–water partition coefficient (Wildman–Crippen LogP) is -0.113. The van der Waals surface area contributed by atoms with Gasteiger partial charge in [0.25, 0.3) is 0 Å². The molecule has 0 radical (unpaired) electrons. The summed E-state index contributed by atoms with van der Waals surface area (Å²) in [6.45, 7) is 3.40. The second kappa shape index (κ2) is 6.97. The minimum absolute atomic E-state index is 0.223. The fourth-order valence-corrected chi connectivity index (χ4v) is 3.54.